The van der Waals surface area contributed by atoms with Crippen molar-refractivity contribution in [1.82, 2.24) is 20.2 Å². The van der Waals surface area contributed by atoms with Crippen molar-refractivity contribution >= 4 is 22.8 Å². The minimum atomic E-state index is -0.980. The Hall–Kier alpha value is -3.82. The predicted octanol–water partition coefficient (Wildman–Crippen LogP) is 2.78. The Kier molecular flexibility index (Phi) is 6.85. The number of para-hydroxylation sites is 2. The summed E-state index contributed by atoms with van der Waals surface area (Å²) in [5.74, 6) is -2.67. The molecule has 1 atom stereocenters. The molecule has 178 valence electrons. The van der Waals surface area contributed by atoms with E-state index in [-0.39, 0.29) is 23.5 Å². The van der Waals surface area contributed by atoms with E-state index in [0.29, 0.717) is 43.4 Å². The molecule has 0 spiro atoms. The summed E-state index contributed by atoms with van der Waals surface area (Å²) < 4.78 is 32.2. The third kappa shape index (κ3) is 5.05. The molecule has 1 aliphatic heterocycles. The maximum Gasteiger partial charge on any atom is 0.280 e. The number of carbonyl (C=O) groups is 2. The Morgan fingerprint density at radius 1 is 1.18 bits per heavy atom. The van der Waals surface area contributed by atoms with Crippen LogP contribution in [0.3, 0.4) is 0 Å². The average molecular weight is 470 g/mol. The zero-order chi connectivity index (χ0) is 24.2. The molecule has 4 rings (SSSR count). The molecule has 3 aromatic rings. The van der Waals surface area contributed by atoms with Gasteiger partial charge < -0.3 is 19.9 Å². The van der Waals surface area contributed by atoms with E-state index in [2.05, 4.69) is 15.3 Å². The van der Waals surface area contributed by atoms with Crippen LogP contribution in [0.15, 0.2) is 47.3 Å². The van der Waals surface area contributed by atoms with Crippen molar-refractivity contribution < 1.29 is 23.1 Å². The van der Waals surface area contributed by atoms with Crippen molar-refractivity contribution in [2.45, 2.75) is 38.3 Å². The van der Waals surface area contributed by atoms with Gasteiger partial charge in [-0.1, -0.05) is 19.1 Å². The highest BCUT2D eigenvalue weighted by molar-refractivity contribution is 5.97. The van der Waals surface area contributed by atoms with Crippen LogP contribution in [0.25, 0.3) is 11.0 Å². The summed E-state index contributed by atoms with van der Waals surface area (Å²) in [4.78, 5) is 46.4. The number of aromatic nitrogens is 2. The van der Waals surface area contributed by atoms with Crippen molar-refractivity contribution in [2.75, 3.05) is 13.1 Å². The van der Waals surface area contributed by atoms with Crippen LogP contribution in [0.2, 0.25) is 0 Å². The maximum absolute atomic E-state index is 13.4. The van der Waals surface area contributed by atoms with E-state index in [0.717, 1.165) is 12.1 Å². The number of hydrogen-bond acceptors (Lipinski definition) is 5. The molecule has 34 heavy (non-hydrogen) atoms. The lowest BCUT2D eigenvalue weighted by molar-refractivity contribution is -0.135. The van der Waals surface area contributed by atoms with Crippen molar-refractivity contribution in [3.63, 3.8) is 0 Å². The largest absolute Gasteiger partial charge is 0.490 e. The number of nitrogens with one attached hydrogen (secondary N) is 2. The third-order valence-corrected chi connectivity index (χ3v) is 5.77. The van der Waals surface area contributed by atoms with Gasteiger partial charge in [0.15, 0.2) is 17.3 Å². The van der Waals surface area contributed by atoms with Crippen LogP contribution >= 0.6 is 0 Å². The summed E-state index contributed by atoms with van der Waals surface area (Å²) in [6.07, 6.45) is 1.09. The number of likely N-dealkylation sites (tertiary alicyclic amines) is 1. The normalized spacial score (nSPS) is 15.2. The van der Waals surface area contributed by atoms with Crippen molar-refractivity contribution in [2.24, 2.45) is 0 Å². The number of benzene rings is 2. The number of fused-ring (bicyclic) bond motifs is 1. The first-order chi connectivity index (χ1) is 16.4. The predicted molar refractivity (Wildman–Crippen MR) is 120 cm³/mol. The lowest BCUT2D eigenvalue weighted by Gasteiger charge is -2.34. The summed E-state index contributed by atoms with van der Waals surface area (Å²) >= 11 is 0. The van der Waals surface area contributed by atoms with E-state index in [4.69, 9.17) is 4.74 Å². The molecule has 2 aromatic carbocycles. The van der Waals surface area contributed by atoms with Crippen molar-refractivity contribution in [3.8, 4) is 5.75 Å². The Labute approximate surface area is 193 Å². The number of halogens is 2. The van der Waals surface area contributed by atoms with E-state index in [9.17, 15) is 23.2 Å². The number of nitrogens with zero attached hydrogens (tertiary/aromatic N) is 2. The van der Waals surface area contributed by atoms with Gasteiger partial charge in [0.05, 0.1) is 11.0 Å². The quantitative estimate of drug-likeness (QED) is 0.577. The van der Waals surface area contributed by atoms with Crippen molar-refractivity contribution in [3.05, 3.63) is 70.1 Å². The fourth-order valence-electron chi connectivity index (χ4n) is 3.91. The summed E-state index contributed by atoms with van der Waals surface area (Å²) in [7, 11) is 0. The molecular formula is C24H24F2N4O4. The lowest BCUT2D eigenvalue weighted by atomic mass is 10.1. The molecule has 0 aliphatic carbocycles. The average Bonchev–Trinajstić information content (AvgIpc) is 2.84. The monoisotopic (exact) mass is 470 g/mol. The SMILES string of the molecule is CC[C@H](NC(=O)c1nc2ccccc2[nH]c1=O)C(=O)N1CCC(Oc2ccc(F)c(F)c2)CC1. The molecule has 1 fully saturated rings. The number of carbonyl (C=O) groups excluding carboxylic acids is 2. The third-order valence-electron chi connectivity index (χ3n) is 5.77. The number of hydrogen-bond donors (Lipinski definition) is 2. The number of amides is 2. The second-order valence-corrected chi connectivity index (χ2v) is 8.08. The Morgan fingerprint density at radius 3 is 2.62 bits per heavy atom. The number of H-pyrrole nitrogens is 1. The van der Waals surface area contributed by atoms with E-state index in [1.807, 2.05) is 0 Å². The minimum absolute atomic E-state index is 0.232. The topological polar surface area (TPSA) is 104 Å². The fourth-order valence-corrected chi connectivity index (χ4v) is 3.91. The van der Waals surface area contributed by atoms with Crippen LogP contribution in [0.1, 0.15) is 36.7 Å². The Bertz CT molecular complexity index is 1270. The van der Waals surface area contributed by atoms with E-state index in [1.54, 1.807) is 36.1 Å². The Morgan fingerprint density at radius 2 is 1.91 bits per heavy atom. The van der Waals surface area contributed by atoms with Gasteiger partial charge in [-0.25, -0.2) is 13.8 Å². The van der Waals surface area contributed by atoms with Crippen LogP contribution in [-0.2, 0) is 4.79 Å². The van der Waals surface area contributed by atoms with Crippen LogP contribution in [-0.4, -0.2) is 51.9 Å². The van der Waals surface area contributed by atoms with Gasteiger partial charge >= 0.3 is 0 Å². The smallest absolute Gasteiger partial charge is 0.280 e. The van der Waals surface area contributed by atoms with Gasteiger partial charge in [0.1, 0.15) is 17.9 Å². The van der Waals surface area contributed by atoms with Crippen LogP contribution in [0, 0.1) is 11.6 Å². The molecule has 2 N–H and O–H groups in total. The molecule has 2 heterocycles. The molecule has 0 unspecified atom stereocenters. The van der Waals surface area contributed by atoms with Crippen molar-refractivity contribution in [1.29, 1.82) is 0 Å². The minimum Gasteiger partial charge on any atom is -0.490 e. The fraction of sp³-hybridized carbons (Fsp3) is 0.333. The first-order valence-electron chi connectivity index (χ1n) is 11.1. The van der Waals surface area contributed by atoms with Gasteiger partial charge in [-0.15, -0.1) is 0 Å². The highest BCUT2D eigenvalue weighted by atomic mass is 19.2. The van der Waals surface area contributed by atoms with E-state index >= 15 is 0 Å². The number of aromatic amines is 1. The van der Waals surface area contributed by atoms with Gasteiger partial charge in [0.25, 0.3) is 11.5 Å². The first-order valence-corrected chi connectivity index (χ1v) is 11.1. The van der Waals surface area contributed by atoms with E-state index in [1.165, 1.54) is 6.07 Å². The van der Waals surface area contributed by atoms with Gasteiger partial charge in [0.2, 0.25) is 5.91 Å². The molecule has 0 saturated carbocycles. The highest BCUT2D eigenvalue weighted by Crippen LogP contribution is 2.21. The van der Waals surface area contributed by atoms with E-state index < -0.39 is 29.1 Å². The molecule has 10 heteroatoms. The van der Waals surface area contributed by atoms with Gasteiger partial charge in [-0.3, -0.25) is 14.4 Å². The van der Waals surface area contributed by atoms with Gasteiger partial charge in [-0.05, 0) is 30.7 Å². The highest BCUT2D eigenvalue weighted by Gasteiger charge is 2.30. The Balaban J connectivity index is 1.36. The number of ether oxygens (including phenoxy) is 1. The molecular weight excluding hydrogens is 446 g/mol. The summed E-state index contributed by atoms with van der Waals surface area (Å²) in [6.45, 7) is 2.53. The molecule has 2 amide bonds. The van der Waals surface area contributed by atoms with Crippen LogP contribution in [0.5, 0.6) is 5.75 Å². The second kappa shape index (κ2) is 9.98. The number of piperidine rings is 1. The van der Waals surface area contributed by atoms with Crippen LogP contribution < -0.4 is 15.6 Å². The molecule has 0 radical (unpaired) electrons. The molecule has 8 nitrogen and oxygen atoms in total. The molecule has 1 aliphatic rings. The lowest BCUT2D eigenvalue weighted by Crippen LogP contribution is -2.52. The standard InChI is InChI=1S/C24H24F2N4O4/c1-2-18(28-22(31)21-23(32)29-20-6-4-3-5-19(20)27-21)24(33)30-11-9-14(10-12-30)34-15-7-8-16(25)17(26)13-15/h3-8,13-14,18H,2,9-12H2,1H3,(H,28,31)(H,29,32)/t18-/m0/s1. The van der Waals surface area contributed by atoms with Gasteiger partial charge in [0, 0.05) is 32.0 Å². The van der Waals surface area contributed by atoms with Gasteiger partial charge in [-0.2, -0.15) is 0 Å². The zero-order valence-corrected chi connectivity index (χ0v) is 18.5. The summed E-state index contributed by atoms with van der Waals surface area (Å²) in [5, 5.41) is 2.63. The molecule has 0 bridgehead atoms. The first kappa shape index (κ1) is 23.3. The summed E-state index contributed by atoms with van der Waals surface area (Å²) in [6, 6.07) is 9.40. The second-order valence-electron chi connectivity index (χ2n) is 8.08. The van der Waals surface area contributed by atoms with Crippen LogP contribution in [0.4, 0.5) is 8.78 Å². The molecule has 1 saturated heterocycles. The maximum atomic E-state index is 13.4. The zero-order valence-electron chi connectivity index (χ0n) is 18.5. The molecule has 1 aromatic heterocycles. The summed E-state index contributed by atoms with van der Waals surface area (Å²) in [5.41, 5.74) is 0.0487. The number of rotatable bonds is 6.